The normalized spacial score (nSPS) is 15.1. The van der Waals surface area contributed by atoms with Crippen molar-refractivity contribution in [1.82, 2.24) is 14.4 Å². The lowest BCUT2D eigenvalue weighted by atomic mass is 10.0. The minimum absolute atomic E-state index is 0.144. The number of hydrogen-bond donors (Lipinski definition) is 1. The Balaban J connectivity index is 1.92. The fourth-order valence-corrected chi connectivity index (χ4v) is 4.10. The highest BCUT2D eigenvalue weighted by molar-refractivity contribution is 6.04. The van der Waals surface area contributed by atoms with Crippen LogP contribution in [-0.4, -0.2) is 58.0 Å². The first-order valence-electron chi connectivity index (χ1n) is 9.97. The number of benzene rings is 2. The molecule has 0 unspecified atom stereocenters. The Morgan fingerprint density at radius 3 is 2.33 bits per heavy atom. The van der Waals surface area contributed by atoms with Gasteiger partial charge in [-0.15, -0.1) is 0 Å². The first-order chi connectivity index (χ1) is 14.6. The van der Waals surface area contributed by atoms with Gasteiger partial charge in [0, 0.05) is 49.2 Å². The monoisotopic (exact) mass is 405 g/mol. The highest BCUT2D eigenvalue weighted by Gasteiger charge is 2.24. The van der Waals surface area contributed by atoms with E-state index in [1.807, 2.05) is 30.3 Å². The molecule has 1 aliphatic heterocycles. The minimum Gasteiger partial charge on any atom is -0.478 e. The van der Waals surface area contributed by atoms with Crippen LogP contribution < -0.4 is 5.56 Å². The molecule has 0 saturated carbocycles. The van der Waals surface area contributed by atoms with Crippen molar-refractivity contribution in [1.29, 1.82) is 0 Å². The van der Waals surface area contributed by atoms with E-state index in [1.54, 1.807) is 29.2 Å². The maximum Gasteiger partial charge on any atom is 0.338 e. The van der Waals surface area contributed by atoms with Gasteiger partial charge < -0.3 is 10.0 Å². The Morgan fingerprint density at radius 1 is 0.933 bits per heavy atom. The molecule has 154 valence electrons. The summed E-state index contributed by atoms with van der Waals surface area (Å²) >= 11 is 0. The Hall–Kier alpha value is -3.45. The summed E-state index contributed by atoms with van der Waals surface area (Å²) in [6, 6.07) is 16.0. The largest absolute Gasteiger partial charge is 0.478 e. The maximum absolute atomic E-state index is 13.4. The van der Waals surface area contributed by atoms with Gasteiger partial charge in [0.2, 0.25) is 6.41 Å². The number of nitrogens with zero attached hydrogens (tertiary/aromatic N) is 3. The van der Waals surface area contributed by atoms with Crippen molar-refractivity contribution in [3.63, 3.8) is 0 Å². The fourth-order valence-electron chi connectivity index (χ4n) is 4.10. The molecule has 7 heteroatoms. The second-order valence-corrected chi connectivity index (χ2v) is 7.42. The molecule has 1 fully saturated rings. The van der Waals surface area contributed by atoms with Gasteiger partial charge in [0.15, 0.2) is 0 Å². The third-order valence-electron chi connectivity index (χ3n) is 5.56. The van der Waals surface area contributed by atoms with Crippen molar-refractivity contribution in [3.8, 4) is 5.69 Å². The molecule has 1 aliphatic rings. The number of fused-ring (bicyclic) bond motifs is 1. The Morgan fingerprint density at radius 2 is 1.63 bits per heavy atom. The number of para-hydroxylation sites is 1. The van der Waals surface area contributed by atoms with Gasteiger partial charge in [-0.2, -0.15) is 0 Å². The van der Waals surface area contributed by atoms with Gasteiger partial charge in [-0.05, 0) is 24.6 Å². The van der Waals surface area contributed by atoms with Crippen LogP contribution in [0.15, 0.2) is 59.4 Å². The zero-order valence-corrected chi connectivity index (χ0v) is 16.5. The number of carboxylic acids is 1. The minimum atomic E-state index is -1.06. The van der Waals surface area contributed by atoms with Crippen molar-refractivity contribution in [2.24, 2.45) is 0 Å². The van der Waals surface area contributed by atoms with Crippen LogP contribution >= 0.6 is 0 Å². The highest BCUT2D eigenvalue weighted by atomic mass is 16.4. The van der Waals surface area contributed by atoms with E-state index in [1.165, 1.54) is 4.57 Å². The van der Waals surface area contributed by atoms with Gasteiger partial charge >= 0.3 is 5.97 Å². The zero-order valence-electron chi connectivity index (χ0n) is 16.5. The van der Waals surface area contributed by atoms with Gasteiger partial charge in [-0.3, -0.25) is 19.1 Å². The van der Waals surface area contributed by atoms with Crippen LogP contribution in [0, 0.1) is 0 Å². The molecule has 1 saturated heterocycles. The van der Waals surface area contributed by atoms with Gasteiger partial charge in [-0.1, -0.05) is 36.4 Å². The first kappa shape index (κ1) is 19.8. The number of hydrogen-bond acceptors (Lipinski definition) is 4. The topological polar surface area (TPSA) is 82.9 Å². The summed E-state index contributed by atoms with van der Waals surface area (Å²) < 4.78 is 1.52. The highest BCUT2D eigenvalue weighted by Crippen LogP contribution is 2.24. The van der Waals surface area contributed by atoms with E-state index in [9.17, 15) is 19.5 Å². The maximum atomic E-state index is 13.4. The predicted molar refractivity (Wildman–Crippen MR) is 114 cm³/mol. The van der Waals surface area contributed by atoms with Crippen LogP contribution in [0.2, 0.25) is 0 Å². The van der Waals surface area contributed by atoms with E-state index in [0.29, 0.717) is 48.3 Å². The Bertz CT molecular complexity index is 1140. The number of carboxylic acid groups (broad SMARTS) is 1. The van der Waals surface area contributed by atoms with E-state index in [-0.39, 0.29) is 11.1 Å². The summed E-state index contributed by atoms with van der Waals surface area (Å²) in [6.07, 6.45) is 1.65. The molecule has 1 amide bonds. The summed E-state index contributed by atoms with van der Waals surface area (Å²) in [5, 5.41) is 10.9. The molecule has 3 aromatic rings. The lowest BCUT2D eigenvalue weighted by Gasteiger charge is -2.24. The smallest absolute Gasteiger partial charge is 0.338 e. The van der Waals surface area contributed by atoms with Gasteiger partial charge in [0.1, 0.15) is 0 Å². The molecule has 1 N–H and O–H groups in total. The van der Waals surface area contributed by atoms with Crippen LogP contribution in [0.25, 0.3) is 16.5 Å². The summed E-state index contributed by atoms with van der Waals surface area (Å²) in [5.41, 5.74) is 0.999. The van der Waals surface area contributed by atoms with E-state index >= 15 is 0 Å². The van der Waals surface area contributed by atoms with E-state index in [0.717, 1.165) is 19.4 Å². The molecular formula is C23H23N3O4. The number of rotatable bonds is 5. The van der Waals surface area contributed by atoms with Crippen molar-refractivity contribution in [3.05, 3.63) is 76.2 Å². The molecule has 4 rings (SSSR count). The van der Waals surface area contributed by atoms with E-state index in [4.69, 9.17) is 0 Å². The molecule has 0 atom stereocenters. The van der Waals surface area contributed by atoms with Crippen LogP contribution in [0.3, 0.4) is 0 Å². The molecule has 2 heterocycles. The number of amides is 1. The molecule has 1 aromatic heterocycles. The van der Waals surface area contributed by atoms with E-state index < -0.39 is 5.97 Å². The van der Waals surface area contributed by atoms with Crippen LogP contribution in [0.1, 0.15) is 22.5 Å². The number of carbonyl (C=O) groups excluding carboxylic acids is 1. The molecule has 0 radical (unpaired) electrons. The molecule has 0 spiro atoms. The number of carbonyl (C=O) groups is 2. The first-order valence-corrected chi connectivity index (χ1v) is 9.97. The summed E-state index contributed by atoms with van der Waals surface area (Å²) in [5.74, 6) is -1.06. The van der Waals surface area contributed by atoms with Crippen molar-refractivity contribution >= 4 is 23.2 Å². The summed E-state index contributed by atoms with van der Waals surface area (Å²) in [6.45, 7) is 2.90. The summed E-state index contributed by atoms with van der Waals surface area (Å²) in [4.78, 5) is 40.8. The predicted octanol–water partition coefficient (Wildman–Crippen LogP) is 2.35. The average molecular weight is 405 g/mol. The van der Waals surface area contributed by atoms with Crippen LogP contribution in [0.5, 0.6) is 0 Å². The van der Waals surface area contributed by atoms with Gasteiger partial charge in [-0.25, -0.2) is 4.79 Å². The Kier molecular flexibility index (Phi) is 5.63. The second-order valence-electron chi connectivity index (χ2n) is 7.42. The number of aromatic nitrogens is 1. The van der Waals surface area contributed by atoms with Crippen molar-refractivity contribution in [2.75, 3.05) is 26.2 Å². The summed E-state index contributed by atoms with van der Waals surface area (Å²) in [7, 11) is 0. The quantitative estimate of drug-likeness (QED) is 0.659. The second kappa shape index (κ2) is 8.51. The lowest BCUT2D eigenvalue weighted by molar-refractivity contribution is -0.118. The Labute approximate surface area is 173 Å². The van der Waals surface area contributed by atoms with Crippen molar-refractivity contribution in [2.45, 2.75) is 13.0 Å². The third-order valence-corrected chi connectivity index (χ3v) is 5.56. The fraction of sp³-hybridized carbons (Fsp3) is 0.261. The SMILES string of the molecule is O=CN1CCCN(Cc2c(C(=O)O)c3ccccc3c(=O)n2-c2ccccc2)CC1. The third kappa shape index (κ3) is 3.71. The molecule has 2 aromatic carbocycles. The molecule has 7 nitrogen and oxygen atoms in total. The number of aromatic carboxylic acids is 1. The average Bonchev–Trinajstić information content (AvgIpc) is 2.99. The van der Waals surface area contributed by atoms with E-state index in [2.05, 4.69) is 4.90 Å². The standard InChI is InChI=1S/C23H23N3O4/c27-16-25-12-6-11-24(13-14-25)15-20-21(23(29)30)18-9-4-5-10-19(18)22(28)26(20)17-7-2-1-3-8-17/h1-5,7-10,16H,6,11-15H2,(H,29,30). The molecular weight excluding hydrogens is 382 g/mol. The van der Waals surface area contributed by atoms with Crippen LogP contribution in [-0.2, 0) is 11.3 Å². The molecule has 0 bridgehead atoms. The number of pyridine rings is 1. The van der Waals surface area contributed by atoms with Crippen LogP contribution in [0.4, 0.5) is 0 Å². The van der Waals surface area contributed by atoms with Gasteiger partial charge in [0.25, 0.3) is 5.56 Å². The van der Waals surface area contributed by atoms with Gasteiger partial charge in [0.05, 0.1) is 11.3 Å². The molecule has 30 heavy (non-hydrogen) atoms. The molecule has 0 aliphatic carbocycles. The lowest BCUT2D eigenvalue weighted by Crippen LogP contribution is -2.34. The zero-order chi connectivity index (χ0) is 21.1. The van der Waals surface area contributed by atoms with Crippen molar-refractivity contribution < 1.29 is 14.7 Å².